The highest BCUT2D eigenvalue weighted by Crippen LogP contribution is 2.29. The van der Waals surface area contributed by atoms with Crippen LogP contribution in [0, 0.1) is 42.9 Å². The van der Waals surface area contributed by atoms with Gasteiger partial charge in [0.05, 0.1) is 0 Å². The number of nitriles is 1. The minimum Gasteiger partial charge on any atom is -0.451 e. The monoisotopic (exact) mass is 413 g/mol. The molecule has 164 valence electrons. The second-order valence-corrected chi connectivity index (χ2v) is 9.02. The Morgan fingerprint density at radius 2 is 2.03 bits per heavy atom. The van der Waals surface area contributed by atoms with Crippen LogP contribution in [0.15, 0.2) is 11.6 Å². The van der Waals surface area contributed by atoms with Crippen LogP contribution in [0.5, 0.6) is 0 Å². The molecule has 0 spiro atoms. The van der Waals surface area contributed by atoms with Gasteiger partial charge in [0, 0.05) is 24.0 Å². The molecule has 0 aliphatic heterocycles. The first-order valence-corrected chi connectivity index (χ1v) is 10.9. The number of esters is 1. The van der Waals surface area contributed by atoms with E-state index in [0.717, 1.165) is 36.3 Å². The third-order valence-electron chi connectivity index (χ3n) is 6.19. The molecule has 1 fully saturated rings. The highest BCUT2D eigenvalue weighted by molar-refractivity contribution is 5.99. The Morgan fingerprint density at radius 3 is 2.67 bits per heavy atom. The SMILES string of the molecule is Cc1cc(C=C(C#N)C(=O)OCC(=O)NC2CCCC(C)C2C)c(C)n1CC(C)C. The molecule has 0 radical (unpaired) electrons. The third-order valence-corrected chi connectivity index (χ3v) is 6.19. The van der Waals surface area contributed by atoms with Gasteiger partial charge >= 0.3 is 5.97 Å². The van der Waals surface area contributed by atoms with E-state index in [1.807, 2.05) is 26.0 Å². The molecule has 6 nitrogen and oxygen atoms in total. The van der Waals surface area contributed by atoms with Gasteiger partial charge in [0.15, 0.2) is 6.61 Å². The number of carbonyl (C=O) groups is 2. The van der Waals surface area contributed by atoms with Crippen molar-refractivity contribution in [1.29, 1.82) is 5.26 Å². The second-order valence-electron chi connectivity index (χ2n) is 9.02. The summed E-state index contributed by atoms with van der Waals surface area (Å²) in [5, 5.41) is 12.4. The fourth-order valence-corrected chi connectivity index (χ4v) is 4.16. The number of aryl methyl sites for hydroxylation is 1. The first-order valence-electron chi connectivity index (χ1n) is 10.9. The minimum absolute atomic E-state index is 0.104. The summed E-state index contributed by atoms with van der Waals surface area (Å²) in [7, 11) is 0. The molecule has 1 amide bonds. The highest BCUT2D eigenvalue weighted by atomic mass is 16.5. The van der Waals surface area contributed by atoms with Gasteiger partial charge < -0.3 is 14.6 Å². The first kappa shape index (κ1) is 23.7. The van der Waals surface area contributed by atoms with E-state index in [1.165, 1.54) is 6.42 Å². The normalized spacial score (nSPS) is 21.9. The van der Waals surface area contributed by atoms with E-state index < -0.39 is 5.97 Å². The molecule has 1 heterocycles. The number of ether oxygens (including phenoxy) is 1. The van der Waals surface area contributed by atoms with Crippen LogP contribution in [0.1, 0.15) is 63.9 Å². The average molecular weight is 414 g/mol. The van der Waals surface area contributed by atoms with E-state index in [0.29, 0.717) is 17.8 Å². The van der Waals surface area contributed by atoms with E-state index in [4.69, 9.17) is 4.74 Å². The summed E-state index contributed by atoms with van der Waals surface area (Å²) < 4.78 is 7.30. The van der Waals surface area contributed by atoms with E-state index in [-0.39, 0.29) is 24.1 Å². The lowest BCUT2D eigenvalue weighted by atomic mass is 9.78. The Morgan fingerprint density at radius 1 is 1.33 bits per heavy atom. The summed E-state index contributed by atoms with van der Waals surface area (Å²) in [6.07, 6.45) is 4.76. The molecular formula is C24H35N3O3. The predicted molar refractivity (Wildman–Crippen MR) is 117 cm³/mol. The molecule has 1 aromatic rings. The first-order chi connectivity index (χ1) is 14.1. The lowest BCUT2D eigenvalue weighted by Gasteiger charge is -2.34. The molecule has 1 saturated carbocycles. The van der Waals surface area contributed by atoms with Gasteiger partial charge in [-0.25, -0.2) is 4.79 Å². The average Bonchev–Trinajstić information content (AvgIpc) is 2.94. The number of hydrogen-bond donors (Lipinski definition) is 1. The summed E-state index contributed by atoms with van der Waals surface area (Å²) in [5.74, 6) is 0.358. The molecule has 1 aromatic heterocycles. The van der Waals surface area contributed by atoms with Crippen LogP contribution in [0.25, 0.3) is 6.08 Å². The van der Waals surface area contributed by atoms with Crippen molar-refractivity contribution in [3.05, 3.63) is 28.6 Å². The second kappa shape index (κ2) is 10.5. The lowest BCUT2D eigenvalue weighted by molar-refractivity contribution is -0.144. The summed E-state index contributed by atoms with van der Waals surface area (Å²) >= 11 is 0. The molecule has 1 N–H and O–H groups in total. The molecule has 0 aromatic carbocycles. The van der Waals surface area contributed by atoms with Crippen LogP contribution in [-0.2, 0) is 20.9 Å². The summed E-state index contributed by atoms with van der Waals surface area (Å²) in [5.41, 5.74) is 2.79. The van der Waals surface area contributed by atoms with Gasteiger partial charge in [0.2, 0.25) is 0 Å². The van der Waals surface area contributed by atoms with Crippen LogP contribution >= 0.6 is 0 Å². The van der Waals surface area contributed by atoms with Gasteiger partial charge in [-0.1, -0.05) is 40.5 Å². The van der Waals surface area contributed by atoms with Crippen molar-refractivity contribution >= 4 is 18.0 Å². The fourth-order valence-electron chi connectivity index (χ4n) is 4.16. The van der Waals surface area contributed by atoms with Crippen molar-refractivity contribution in [2.24, 2.45) is 17.8 Å². The largest absolute Gasteiger partial charge is 0.451 e. The minimum atomic E-state index is -0.772. The van der Waals surface area contributed by atoms with E-state index in [1.54, 1.807) is 6.08 Å². The Balaban J connectivity index is 2.00. The summed E-state index contributed by atoms with van der Waals surface area (Å²) in [4.78, 5) is 24.6. The Labute approximate surface area is 180 Å². The Kier molecular flexibility index (Phi) is 8.28. The maximum atomic E-state index is 12.4. The van der Waals surface area contributed by atoms with Crippen molar-refractivity contribution in [3.8, 4) is 6.07 Å². The van der Waals surface area contributed by atoms with Crippen LogP contribution in [0.3, 0.4) is 0 Å². The van der Waals surface area contributed by atoms with E-state index in [2.05, 4.69) is 37.6 Å². The Bertz CT molecular complexity index is 845. The predicted octanol–water partition coefficient (Wildman–Crippen LogP) is 4.15. The van der Waals surface area contributed by atoms with Crippen molar-refractivity contribution < 1.29 is 14.3 Å². The zero-order valence-corrected chi connectivity index (χ0v) is 19.1. The number of amides is 1. The summed E-state index contributed by atoms with van der Waals surface area (Å²) in [6.45, 7) is 13.1. The molecule has 3 unspecified atom stereocenters. The van der Waals surface area contributed by atoms with Crippen LogP contribution in [0.4, 0.5) is 0 Å². The van der Waals surface area contributed by atoms with E-state index in [9.17, 15) is 14.9 Å². The van der Waals surface area contributed by atoms with Gasteiger partial charge in [-0.2, -0.15) is 5.26 Å². The molecule has 2 rings (SSSR count). The third kappa shape index (κ3) is 5.98. The molecule has 1 aliphatic rings. The molecule has 3 atom stereocenters. The molecule has 6 heteroatoms. The van der Waals surface area contributed by atoms with Crippen molar-refractivity contribution in [2.45, 2.75) is 73.4 Å². The molecule has 1 aliphatic carbocycles. The maximum absolute atomic E-state index is 12.4. The lowest BCUT2D eigenvalue weighted by Crippen LogP contribution is -2.45. The number of nitrogens with zero attached hydrogens (tertiary/aromatic N) is 2. The zero-order valence-electron chi connectivity index (χ0n) is 19.1. The zero-order chi connectivity index (χ0) is 22.4. The molecule has 0 saturated heterocycles. The highest BCUT2D eigenvalue weighted by Gasteiger charge is 2.28. The number of aromatic nitrogens is 1. The standard InChI is InChI=1S/C24H35N3O3/c1-15(2)13-27-17(4)10-20(19(27)6)11-21(12-25)24(29)30-14-23(28)26-22-9-7-8-16(3)18(22)5/h10-11,15-16,18,22H,7-9,13-14H2,1-6H3,(H,26,28). The number of carbonyl (C=O) groups excluding carboxylic acids is 2. The Hall–Kier alpha value is -2.55. The summed E-state index contributed by atoms with van der Waals surface area (Å²) in [6, 6.07) is 3.98. The van der Waals surface area contributed by atoms with Gasteiger partial charge in [0.25, 0.3) is 5.91 Å². The number of rotatable bonds is 7. The van der Waals surface area contributed by atoms with E-state index >= 15 is 0 Å². The number of nitrogens with one attached hydrogen (secondary N) is 1. The molecule has 0 bridgehead atoms. The van der Waals surface area contributed by atoms with Crippen molar-refractivity contribution in [2.75, 3.05) is 6.61 Å². The fraction of sp³-hybridized carbons (Fsp3) is 0.625. The smallest absolute Gasteiger partial charge is 0.349 e. The topological polar surface area (TPSA) is 84.1 Å². The van der Waals surface area contributed by atoms with Crippen LogP contribution < -0.4 is 5.32 Å². The van der Waals surface area contributed by atoms with Crippen molar-refractivity contribution in [1.82, 2.24) is 9.88 Å². The van der Waals surface area contributed by atoms with Gasteiger partial charge in [-0.15, -0.1) is 0 Å². The van der Waals surface area contributed by atoms with Gasteiger partial charge in [0.1, 0.15) is 11.6 Å². The molecular weight excluding hydrogens is 378 g/mol. The van der Waals surface area contributed by atoms with Gasteiger partial charge in [-0.05, 0) is 55.7 Å². The van der Waals surface area contributed by atoms with Gasteiger partial charge in [-0.3, -0.25) is 4.79 Å². The van der Waals surface area contributed by atoms with Crippen molar-refractivity contribution in [3.63, 3.8) is 0 Å². The van der Waals surface area contributed by atoms with Crippen LogP contribution in [-0.4, -0.2) is 29.1 Å². The number of hydrogen-bond acceptors (Lipinski definition) is 4. The maximum Gasteiger partial charge on any atom is 0.349 e. The molecule has 30 heavy (non-hydrogen) atoms. The van der Waals surface area contributed by atoms with Crippen LogP contribution in [0.2, 0.25) is 0 Å². The quantitative estimate of drug-likeness (QED) is 0.413.